The number of hydrogen-bond acceptors (Lipinski definition) is 2. The van der Waals surface area contributed by atoms with Gasteiger partial charge in [-0.25, -0.2) is 0 Å². The van der Waals surface area contributed by atoms with Crippen molar-refractivity contribution in [1.82, 2.24) is 4.90 Å². The Kier molecular flexibility index (Phi) is 3.80. The van der Waals surface area contributed by atoms with Crippen LogP contribution in [0.1, 0.15) is 13.3 Å². The third-order valence-electron chi connectivity index (χ3n) is 1.89. The van der Waals surface area contributed by atoms with Gasteiger partial charge in [0.15, 0.2) is 0 Å². The molecule has 3 nitrogen and oxygen atoms in total. The van der Waals surface area contributed by atoms with Gasteiger partial charge in [0.05, 0.1) is 6.61 Å². The summed E-state index contributed by atoms with van der Waals surface area (Å²) >= 11 is 0. The summed E-state index contributed by atoms with van der Waals surface area (Å²) in [6, 6.07) is 0. The number of ether oxygens (including phenoxy) is 1. The van der Waals surface area contributed by atoms with Crippen molar-refractivity contribution >= 4 is 5.84 Å². The Morgan fingerprint density at radius 2 is 2.25 bits per heavy atom. The van der Waals surface area contributed by atoms with Crippen LogP contribution < -0.4 is 0 Å². The van der Waals surface area contributed by atoms with E-state index >= 15 is 0 Å². The number of hydrogen-bond donors (Lipinski definition) is 1. The summed E-state index contributed by atoms with van der Waals surface area (Å²) in [7, 11) is 0. The van der Waals surface area contributed by atoms with Crippen molar-refractivity contribution in [2.75, 3.05) is 26.3 Å². The van der Waals surface area contributed by atoms with Crippen molar-refractivity contribution < 1.29 is 4.74 Å². The van der Waals surface area contributed by atoms with Crippen molar-refractivity contribution in [3.8, 4) is 0 Å². The van der Waals surface area contributed by atoms with Gasteiger partial charge in [0.25, 0.3) is 0 Å². The van der Waals surface area contributed by atoms with Gasteiger partial charge in [-0.15, -0.1) is 0 Å². The molecule has 0 atom stereocenters. The predicted molar refractivity (Wildman–Crippen MR) is 49.5 cm³/mol. The lowest BCUT2D eigenvalue weighted by Gasteiger charge is -2.19. The second-order valence-corrected chi connectivity index (χ2v) is 2.84. The van der Waals surface area contributed by atoms with E-state index in [1.807, 2.05) is 24.0 Å². The van der Waals surface area contributed by atoms with Crippen molar-refractivity contribution in [2.45, 2.75) is 13.3 Å². The van der Waals surface area contributed by atoms with Gasteiger partial charge in [0.2, 0.25) is 0 Å². The molecule has 1 N–H and O–H groups in total. The first-order chi connectivity index (χ1) is 5.84. The number of rotatable bonds is 1. The van der Waals surface area contributed by atoms with E-state index in [0.29, 0.717) is 5.84 Å². The lowest BCUT2D eigenvalue weighted by atomic mass is 10.3. The molecule has 1 fully saturated rings. The molecular formula is C9H16N2O. The molecule has 1 heterocycles. The molecule has 1 saturated heterocycles. The fraction of sp³-hybridized carbons (Fsp3) is 0.667. The van der Waals surface area contributed by atoms with E-state index in [1.54, 1.807) is 0 Å². The van der Waals surface area contributed by atoms with E-state index in [-0.39, 0.29) is 0 Å². The van der Waals surface area contributed by atoms with Crippen LogP contribution in [0, 0.1) is 5.41 Å². The highest BCUT2D eigenvalue weighted by atomic mass is 16.5. The monoisotopic (exact) mass is 168 g/mol. The molecule has 0 aliphatic carbocycles. The summed E-state index contributed by atoms with van der Waals surface area (Å²) in [5.74, 6) is 0.600. The molecule has 12 heavy (non-hydrogen) atoms. The number of nitrogens with zero attached hydrogens (tertiary/aromatic N) is 1. The molecule has 0 spiro atoms. The van der Waals surface area contributed by atoms with Gasteiger partial charge < -0.3 is 9.64 Å². The Balaban J connectivity index is 2.42. The van der Waals surface area contributed by atoms with Gasteiger partial charge >= 0.3 is 0 Å². The molecule has 0 aromatic heterocycles. The first-order valence-electron chi connectivity index (χ1n) is 4.38. The van der Waals surface area contributed by atoms with Crippen LogP contribution in [-0.4, -0.2) is 37.0 Å². The third-order valence-corrected chi connectivity index (χ3v) is 1.89. The molecule has 1 rings (SSSR count). The second-order valence-electron chi connectivity index (χ2n) is 2.84. The molecule has 68 valence electrons. The van der Waals surface area contributed by atoms with Crippen molar-refractivity contribution in [2.24, 2.45) is 0 Å². The van der Waals surface area contributed by atoms with E-state index in [4.69, 9.17) is 10.1 Å². The highest BCUT2D eigenvalue weighted by molar-refractivity contribution is 5.90. The molecular weight excluding hydrogens is 152 g/mol. The van der Waals surface area contributed by atoms with E-state index in [2.05, 4.69) is 0 Å². The van der Waals surface area contributed by atoms with Crippen LogP contribution in [0.2, 0.25) is 0 Å². The van der Waals surface area contributed by atoms with Crippen LogP contribution >= 0.6 is 0 Å². The normalized spacial score (nSPS) is 19.6. The highest BCUT2D eigenvalue weighted by Gasteiger charge is 2.09. The minimum absolute atomic E-state index is 0.600. The Morgan fingerprint density at radius 1 is 1.42 bits per heavy atom. The van der Waals surface area contributed by atoms with E-state index in [0.717, 1.165) is 32.7 Å². The Morgan fingerprint density at radius 3 is 3.00 bits per heavy atom. The number of amidine groups is 1. The number of nitrogens with one attached hydrogen (secondary N) is 1. The van der Waals surface area contributed by atoms with Crippen molar-refractivity contribution in [3.05, 3.63) is 12.2 Å². The van der Waals surface area contributed by atoms with Crippen LogP contribution in [0.25, 0.3) is 0 Å². The second kappa shape index (κ2) is 4.93. The highest BCUT2D eigenvalue weighted by Crippen LogP contribution is 2.00. The van der Waals surface area contributed by atoms with Gasteiger partial charge in [-0.1, -0.05) is 6.08 Å². The summed E-state index contributed by atoms with van der Waals surface area (Å²) < 4.78 is 5.29. The van der Waals surface area contributed by atoms with Gasteiger partial charge in [0, 0.05) is 19.7 Å². The quantitative estimate of drug-likeness (QED) is 0.472. The maximum atomic E-state index is 7.66. The van der Waals surface area contributed by atoms with Crippen LogP contribution in [0.3, 0.4) is 0 Å². The molecule has 0 aromatic rings. The zero-order valence-corrected chi connectivity index (χ0v) is 7.55. The van der Waals surface area contributed by atoms with E-state index < -0.39 is 0 Å². The molecule has 1 aliphatic rings. The molecule has 0 bridgehead atoms. The predicted octanol–water partition coefficient (Wildman–Crippen LogP) is 1.26. The summed E-state index contributed by atoms with van der Waals surface area (Å²) in [6.07, 6.45) is 4.75. The Hall–Kier alpha value is -0.830. The summed E-state index contributed by atoms with van der Waals surface area (Å²) in [5.41, 5.74) is 0. The SMILES string of the molecule is C/C=C\C(=N)N1CCCOCC1. The van der Waals surface area contributed by atoms with Crippen LogP contribution in [0.15, 0.2) is 12.2 Å². The smallest absolute Gasteiger partial charge is 0.120 e. The van der Waals surface area contributed by atoms with Gasteiger partial charge in [-0.3, -0.25) is 5.41 Å². The topological polar surface area (TPSA) is 36.3 Å². The van der Waals surface area contributed by atoms with Crippen LogP contribution in [-0.2, 0) is 4.74 Å². The summed E-state index contributed by atoms with van der Waals surface area (Å²) in [5, 5.41) is 7.66. The van der Waals surface area contributed by atoms with Gasteiger partial charge in [-0.05, 0) is 19.4 Å². The summed E-state index contributed by atoms with van der Waals surface area (Å²) in [6.45, 7) is 5.31. The van der Waals surface area contributed by atoms with Gasteiger partial charge in [0.1, 0.15) is 5.84 Å². The number of allylic oxidation sites excluding steroid dienone is 1. The molecule has 0 unspecified atom stereocenters. The van der Waals surface area contributed by atoms with E-state index in [1.165, 1.54) is 0 Å². The zero-order valence-electron chi connectivity index (χ0n) is 7.55. The van der Waals surface area contributed by atoms with Crippen LogP contribution in [0.4, 0.5) is 0 Å². The standard InChI is InChI=1S/C9H16N2O/c1-2-4-9(10)11-5-3-7-12-8-6-11/h2,4,10H,3,5-8H2,1H3/b4-2-,10-9?. The fourth-order valence-electron chi connectivity index (χ4n) is 1.25. The fourth-order valence-corrected chi connectivity index (χ4v) is 1.25. The molecule has 3 heteroatoms. The maximum absolute atomic E-state index is 7.66. The minimum Gasteiger partial charge on any atom is -0.380 e. The largest absolute Gasteiger partial charge is 0.380 e. The first-order valence-corrected chi connectivity index (χ1v) is 4.38. The molecule has 0 amide bonds. The lowest BCUT2D eigenvalue weighted by Crippen LogP contribution is -2.31. The third kappa shape index (κ3) is 2.66. The molecule has 1 aliphatic heterocycles. The van der Waals surface area contributed by atoms with Crippen molar-refractivity contribution in [3.63, 3.8) is 0 Å². The maximum Gasteiger partial charge on any atom is 0.120 e. The summed E-state index contributed by atoms with van der Waals surface area (Å²) in [4.78, 5) is 2.05. The zero-order chi connectivity index (χ0) is 8.81. The van der Waals surface area contributed by atoms with E-state index in [9.17, 15) is 0 Å². The minimum atomic E-state index is 0.600. The van der Waals surface area contributed by atoms with Gasteiger partial charge in [-0.2, -0.15) is 0 Å². The Bertz CT molecular complexity index is 169. The lowest BCUT2D eigenvalue weighted by molar-refractivity contribution is 0.147. The Labute approximate surface area is 73.5 Å². The van der Waals surface area contributed by atoms with Crippen LogP contribution in [0.5, 0.6) is 0 Å². The molecule has 0 radical (unpaired) electrons. The average Bonchev–Trinajstić information content (AvgIpc) is 2.32. The average molecular weight is 168 g/mol. The van der Waals surface area contributed by atoms with Crippen molar-refractivity contribution in [1.29, 1.82) is 5.41 Å². The molecule has 0 aromatic carbocycles. The molecule has 0 saturated carbocycles. The first kappa shape index (κ1) is 9.26.